The number of nitrogens with zero attached hydrogens (tertiary/aromatic N) is 4. The van der Waals surface area contributed by atoms with Gasteiger partial charge in [0.15, 0.2) is 18.2 Å². The first-order valence-electron chi connectivity index (χ1n) is 14.1. The molecule has 3 aliphatic rings. The number of anilines is 1. The predicted octanol–water partition coefficient (Wildman–Crippen LogP) is 5.87. The summed E-state index contributed by atoms with van der Waals surface area (Å²) in [5.41, 5.74) is -0.714. The molecule has 3 fully saturated rings. The number of phenolic OH excluding ortho intramolecular Hbond substituents is 1. The number of halogens is 5. The maximum Gasteiger partial charge on any atom is 0.319 e. The van der Waals surface area contributed by atoms with Crippen molar-refractivity contribution in [3.63, 3.8) is 0 Å². The minimum atomic E-state index is -1.75. The molecule has 0 spiro atoms. The quantitative estimate of drug-likeness (QED) is 0.231. The Morgan fingerprint density at radius 3 is 2.58 bits per heavy atom. The summed E-state index contributed by atoms with van der Waals surface area (Å²) in [7, 11) is 0. The van der Waals surface area contributed by atoms with Crippen molar-refractivity contribution in [1.29, 1.82) is 0 Å². The summed E-state index contributed by atoms with van der Waals surface area (Å²) >= 11 is 0. The van der Waals surface area contributed by atoms with Gasteiger partial charge in [-0.15, -0.1) is 6.42 Å². The summed E-state index contributed by atoms with van der Waals surface area (Å²) in [6.07, 6.45) is 3.04. The second kappa shape index (κ2) is 10.2. The Labute approximate surface area is 244 Å². The SMILES string of the molecule is C#Cc1c(F)ccc2cc(O)cc(-c3ccc4c(N5CC(F)C(F)C5)nc(OCC56CCCN5CC(F)C6)nc4c3F)c12. The second-order valence-electron chi connectivity index (χ2n) is 11.6. The van der Waals surface area contributed by atoms with Crippen molar-refractivity contribution in [3.05, 3.63) is 53.6 Å². The number of fused-ring (bicyclic) bond motifs is 3. The summed E-state index contributed by atoms with van der Waals surface area (Å²) in [6, 6.07) is 8.01. The molecule has 6 nitrogen and oxygen atoms in total. The van der Waals surface area contributed by atoms with Crippen LogP contribution in [-0.2, 0) is 0 Å². The number of terminal acetylenes is 1. The molecule has 0 saturated carbocycles. The summed E-state index contributed by atoms with van der Waals surface area (Å²) in [5, 5.41) is 11.3. The largest absolute Gasteiger partial charge is 0.508 e. The summed E-state index contributed by atoms with van der Waals surface area (Å²) < 4.78 is 80.2. The van der Waals surface area contributed by atoms with Crippen LogP contribution in [0.1, 0.15) is 24.8 Å². The number of aromatic hydroxyl groups is 1. The maximum atomic E-state index is 16.6. The van der Waals surface area contributed by atoms with Crippen LogP contribution in [0.2, 0.25) is 0 Å². The minimum absolute atomic E-state index is 0.0316. The normalized spacial score (nSPS) is 25.5. The lowest BCUT2D eigenvalue weighted by molar-refractivity contribution is 0.107. The van der Waals surface area contributed by atoms with Gasteiger partial charge in [0, 0.05) is 29.3 Å². The molecule has 0 bridgehead atoms. The predicted molar refractivity (Wildman–Crippen MR) is 153 cm³/mol. The zero-order chi connectivity index (χ0) is 30.0. The van der Waals surface area contributed by atoms with Gasteiger partial charge < -0.3 is 14.7 Å². The van der Waals surface area contributed by atoms with Gasteiger partial charge in [0.2, 0.25) is 0 Å². The fraction of sp³-hybridized carbons (Fsp3) is 0.375. The lowest BCUT2D eigenvalue weighted by atomic mass is 9.93. The highest BCUT2D eigenvalue weighted by Crippen LogP contribution is 2.42. The molecule has 0 radical (unpaired) electrons. The van der Waals surface area contributed by atoms with Gasteiger partial charge in [-0.1, -0.05) is 18.1 Å². The van der Waals surface area contributed by atoms with Crippen molar-refractivity contribution in [3.8, 4) is 35.2 Å². The van der Waals surface area contributed by atoms with Crippen LogP contribution >= 0.6 is 0 Å². The Morgan fingerprint density at radius 1 is 1.02 bits per heavy atom. The van der Waals surface area contributed by atoms with Crippen LogP contribution in [0.4, 0.5) is 27.8 Å². The first kappa shape index (κ1) is 27.7. The van der Waals surface area contributed by atoms with Crippen LogP contribution < -0.4 is 9.64 Å². The number of hydrogen-bond donors (Lipinski definition) is 1. The van der Waals surface area contributed by atoms with Gasteiger partial charge in [0.25, 0.3) is 0 Å². The number of aromatic nitrogens is 2. The van der Waals surface area contributed by atoms with Gasteiger partial charge in [-0.2, -0.15) is 9.97 Å². The summed E-state index contributed by atoms with van der Waals surface area (Å²) in [6.45, 7) is 0.540. The van der Waals surface area contributed by atoms with E-state index in [4.69, 9.17) is 11.2 Å². The van der Waals surface area contributed by atoms with Crippen LogP contribution in [0.25, 0.3) is 32.8 Å². The lowest BCUT2D eigenvalue weighted by Gasteiger charge is -2.31. The molecule has 7 rings (SSSR count). The van der Waals surface area contributed by atoms with Crippen LogP contribution in [0.15, 0.2) is 36.4 Å². The molecular weight excluding hydrogens is 567 g/mol. The first-order valence-corrected chi connectivity index (χ1v) is 14.1. The van der Waals surface area contributed by atoms with E-state index in [1.165, 1.54) is 41.3 Å². The molecule has 222 valence electrons. The standard InChI is InChI=1S/C32H27F5N4O2/c1-2-20-24(34)7-4-17-10-19(42)11-23(27(17)20)21-5-6-22-29(28(21)37)38-31(39-30(22)40-14-25(35)26(36)15-40)43-16-32-8-3-9-41(32)13-18(33)12-32/h1,4-7,10-11,18,25-26,42H,3,8-9,12-16H2. The van der Waals surface area contributed by atoms with Crippen LogP contribution in [0.3, 0.4) is 0 Å². The van der Waals surface area contributed by atoms with Gasteiger partial charge in [0.05, 0.1) is 24.2 Å². The van der Waals surface area contributed by atoms with E-state index in [1.807, 2.05) is 0 Å². The number of hydrogen-bond acceptors (Lipinski definition) is 6. The number of rotatable bonds is 5. The van der Waals surface area contributed by atoms with Crippen molar-refractivity contribution in [2.24, 2.45) is 0 Å². The zero-order valence-corrected chi connectivity index (χ0v) is 23.0. The topological polar surface area (TPSA) is 61.7 Å². The highest BCUT2D eigenvalue weighted by molar-refractivity contribution is 6.04. The Hall–Kier alpha value is -4.17. The second-order valence-corrected chi connectivity index (χ2v) is 11.6. The van der Waals surface area contributed by atoms with Gasteiger partial charge in [-0.25, -0.2) is 22.0 Å². The molecule has 3 saturated heterocycles. The van der Waals surface area contributed by atoms with E-state index in [0.717, 1.165) is 19.4 Å². The third-order valence-corrected chi connectivity index (χ3v) is 8.96. The number of phenols is 1. The van der Waals surface area contributed by atoms with Crippen LogP contribution in [0.5, 0.6) is 11.8 Å². The number of ether oxygens (including phenoxy) is 1. The molecule has 3 aliphatic heterocycles. The number of alkyl halides is 3. The van der Waals surface area contributed by atoms with Gasteiger partial charge in [-0.3, -0.25) is 4.90 Å². The van der Waals surface area contributed by atoms with E-state index in [1.54, 1.807) is 0 Å². The maximum absolute atomic E-state index is 16.6. The molecule has 1 N–H and O–H groups in total. The molecule has 0 aliphatic carbocycles. The van der Waals surface area contributed by atoms with Crippen molar-refractivity contribution in [1.82, 2.24) is 14.9 Å². The third kappa shape index (κ3) is 4.50. The Morgan fingerprint density at radius 2 is 1.81 bits per heavy atom. The van der Waals surface area contributed by atoms with Crippen molar-refractivity contribution >= 4 is 27.5 Å². The van der Waals surface area contributed by atoms with Gasteiger partial charge in [-0.05, 0) is 54.6 Å². The molecule has 4 heterocycles. The van der Waals surface area contributed by atoms with Crippen molar-refractivity contribution in [2.45, 2.75) is 43.3 Å². The van der Waals surface area contributed by atoms with E-state index < -0.39 is 35.7 Å². The molecule has 1 aromatic heterocycles. The minimum Gasteiger partial charge on any atom is -0.508 e. The van der Waals surface area contributed by atoms with Crippen LogP contribution in [-0.4, -0.2) is 76.8 Å². The van der Waals surface area contributed by atoms with Crippen molar-refractivity contribution in [2.75, 3.05) is 37.7 Å². The Bertz CT molecular complexity index is 1800. The third-order valence-electron chi connectivity index (χ3n) is 8.96. The van der Waals surface area contributed by atoms with E-state index in [0.29, 0.717) is 18.4 Å². The van der Waals surface area contributed by atoms with E-state index >= 15 is 4.39 Å². The molecule has 11 heteroatoms. The average Bonchev–Trinajstić information content (AvgIpc) is 3.62. The van der Waals surface area contributed by atoms with Gasteiger partial charge in [0.1, 0.15) is 35.7 Å². The fourth-order valence-corrected chi connectivity index (χ4v) is 6.96. The monoisotopic (exact) mass is 594 g/mol. The Balaban J connectivity index is 1.38. The van der Waals surface area contributed by atoms with E-state index in [9.17, 15) is 22.7 Å². The average molecular weight is 595 g/mol. The van der Waals surface area contributed by atoms with E-state index in [-0.39, 0.29) is 70.3 Å². The first-order chi connectivity index (χ1) is 20.7. The summed E-state index contributed by atoms with van der Waals surface area (Å²) in [4.78, 5) is 12.3. The van der Waals surface area contributed by atoms with Gasteiger partial charge >= 0.3 is 6.01 Å². The molecule has 4 aromatic rings. The molecule has 3 aromatic carbocycles. The molecule has 4 unspecified atom stereocenters. The van der Waals surface area contributed by atoms with Crippen LogP contribution in [0, 0.1) is 24.0 Å². The fourth-order valence-electron chi connectivity index (χ4n) is 6.96. The lowest BCUT2D eigenvalue weighted by Crippen LogP contribution is -2.43. The molecule has 0 amide bonds. The smallest absolute Gasteiger partial charge is 0.319 e. The highest BCUT2D eigenvalue weighted by Gasteiger charge is 2.49. The number of benzene rings is 3. The molecule has 43 heavy (non-hydrogen) atoms. The van der Waals surface area contributed by atoms with E-state index in [2.05, 4.69) is 20.8 Å². The molecular formula is C32H27F5N4O2. The highest BCUT2D eigenvalue weighted by atomic mass is 19.2. The zero-order valence-electron chi connectivity index (χ0n) is 23.0. The summed E-state index contributed by atoms with van der Waals surface area (Å²) in [5.74, 6) is 0.705. The Kier molecular flexibility index (Phi) is 6.58. The van der Waals surface area contributed by atoms with Crippen molar-refractivity contribution < 1.29 is 31.8 Å². The molecule has 4 atom stereocenters.